The summed E-state index contributed by atoms with van der Waals surface area (Å²) in [5.41, 5.74) is 0.743. The van der Waals surface area contributed by atoms with Crippen LogP contribution in [0.4, 0.5) is 4.39 Å². The molecule has 1 N–H and O–H groups in total. The zero-order chi connectivity index (χ0) is 13.2. The summed E-state index contributed by atoms with van der Waals surface area (Å²) in [6, 6.07) is 5.98. The molecule has 2 unspecified atom stereocenters. The Kier molecular flexibility index (Phi) is 3.71. The second kappa shape index (κ2) is 5.47. The zero-order valence-corrected chi connectivity index (χ0v) is 11.4. The molecular formula is C15H21FN2O. The van der Waals surface area contributed by atoms with Crippen molar-refractivity contribution in [2.45, 2.75) is 25.4 Å². The largest absolute Gasteiger partial charge is 0.494 e. The van der Waals surface area contributed by atoms with Crippen LogP contribution in [0.15, 0.2) is 18.2 Å². The van der Waals surface area contributed by atoms with E-state index in [9.17, 15) is 4.39 Å². The van der Waals surface area contributed by atoms with E-state index in [0.717, 1.165) is 31.1 Å². The van der Waals surface area contributed by atoms with Gasteiger partial charge >= 0.3 is 0 Å². The van der Waals surface area contributed by atoms with Gasteiger partial charge in [-0.3, -0.25) is 4.90 Å². The lowest BCUT2D eigenvalue weighted by Crippen LogP contribution is -2.44. The molecule has 1 aromatic rings. The molecule has 0 spiro atoms. The summed E-state index contributed by atoms with van der Waals surface area (Å²) in [6.07, 6.45) is 2.52. The van der Waals surface area contributed by atoms with Crippen LogP contribution in [0.1, 0.15) is 18.4 Å². The van der Waals surface area contributed by atoms with Gasteiger partial charge in [-0.1, -0.05) is 12.1 Å². The van der Waals surface area contributed by atoms with E-state index in [0.29, 0.717) is 18.3 Å². The predicted octanol–water partition coefficient (Wildman–Crippen LogP) is 2.02. The van der Waals surface area contributed by atoms with Crippen LogP contribution < -0.4 is 10.1 Å². The highest BCUT2D eigenvalue weighted by atomic mass is 19.1. The van der Waals surface area contributed by atoms with Gasteiger partial charge in [-0.2, -0.15) is 0 Å². The van der Waals surface area contributed by atoms with Crippen molar-refractivity contribution in [2.75, 3.05) is 26.7 Å². The maximum Gasteiger partial charge on any atom is 0.169 e. The third-order valence-electron chi connectivity index (χ3n) is 4.43. The molecule has 19 heavy (non-hydrogen) atoms. The number of benzene rings is 1. The fourth-order valence-corrected chi connectivity index (χ4v) is 3.41. The van der Waals surface area contributed by atoms with Crippen LogP contribution in [0.3, 0.4) is 0 Å². The van der Waals surface area contributed by atoms with Gasteiger partial charge in [0.2, 0.25) is 0 Å². The van der Waals surface area contributed by atoms with E-state index in [4.69, 9.17) is 4.74 Å². The summed E-state index contributed by atoms with van der Waals surface area (Å²) in [4.78, 5) is 2.42. The summed E-state index contributed by atoms with van der Waals surface area (Å²) in [5.74, 6) is 0.871. The SMILES string of the molecule is COc1cccc(CN2CCCC3CNCC32)c1F. The average molecular weight is 264 g/mol. The molecule has 0 saturated carbocycles. The van der Waals surface area contributed by atoms with Crippen molar-refractivity contribution in [1.82, 2.24) is 10.2 Å². The first-order chi connectivity index (χ1) is 9.29. The number of piperidine rings is 1. The van der Waals surface area contributed by atoms with Gasteiger partial charge < -0.3 is 10.1 Å². The number of likely N-dealkylation sites (tertiary alicyclic amines) is 1. The average Bonchev–Trinajstić information content (AvgIpc) is 2.90. The fraction of sp³-hybridized carbons (Fsp3) is 0.600. The molecule has 2 fully saturated rings. The van der Waals surface area contributed by atoms with Gasteiger partial charge in [-0.25, -0.2) is 4.39 Å². The van der Waals surface area contributed by atoms with Crippen LogP contribution in [0.25, 0.3) is 0 Å². The Morgan fingerprint density at radius 3 is 3.16 bits per heavy atom. The van der Waals surface area contributed by atoms with E-state index in [1.165, 1.54) is 20.0 Å². The van der Waals surface area contributed by atoms with Crippen molar-refractivity contribution in [3.8, 4) is 5.75 Å². The summed E-state index contributed by atoms with van der Waals surface area (Å²) in [7, 11) is 1.51. The Hall–Kier alpha value is -1.13. The quantitative estimate of drug-likeness (QED) is 0.904. The minimum absolute atomic E-state index is 0.210. The minimum atomic E-state index is -0.210. The highest BCUT2D eigenvalue weighted by molar-refractivity contribution is 5.31. The molecule has 3 rings (SSSR count). The molecule has 2 aliphatic heterocycles. The number of hydrogen-bond donors (Lipinski definition) is 1. The Bertz CT molecular complexity index is 452. The Morgan fingerprint density at radius 1 is 1.42 bits per heavy atom. The highest BCUT2D eigenvalue weighted by Gasteiger charge is 2.35. The molecule has 3 nitrogen and oxygen atoms in total. The number of methoxy groups -OCH3 is 1. The second-order valence-electron chi connectivity index (χ2n) is 5.53. The first-order valence-corrected chi connectivity index (χ1v) is 7.05. The Balaban J connectivity index is 1.77. The molecule has 0 amide bonds. The normalized spacial score (nSPS) is 27.3. The standard InChI is InChI=1S/C15H21FN2O/c1-19-14-6-2-4-12(15(14)16)10-18-7-3-5-11-8-17-9-13(11)18/h2,4,6,11,13,17H,3,5,7-10H2,1H3. The van der Waals surface area contributed by atoms with Gasteiger partial charge in [-0.05, 0) is 37.9 Å². The maximum absolute atomic E-state index is 14.2. The number of rotatable bonds is 3. The molecule has 2 atom stereocenters. The zero-order valence-electron chi connectivity index (χ0n) is 11.4. The van der Waals surface area contributed by atoms with Gasteiger partial charge in [0.25, 0.3) is 0 Å². The van der Waals surface area contributed by atoms with Crippen molar-refractivity contribution in [3.63, 3.8) is 0 Å². The number of fused-ring (bicyclic) bond motifs is 1. The Morgan fingerprint density at radius 2 is 2.32 bits per heavy atom. The molecule has 0 aromatic heterocycles. The van der Waals surface area contributed by atoms with Gasteiger partial charge in [0, 0.05) is 24.7 Å². The van der Waals surface area contributed by atoms with Crippen molar-refractivity contribution < 1.29 is 9.13 Å². The van der Waals surface area contributed by atoms with Gasteiger partial charge in [0.05, 0.1) is 7.11 Å². The molecular weight excluding hydrogens is 243 g/mol. The monoisotopic (exact) mass is 264 g/mol. The van der Waals surface area contributed by atoms with Gasteiger partial charge in [-0.15, -0.1) is 0 Å². The molecule has 0 radical (unpaired) electrons. The van der Waals surface area contributed by atoms with Crippen LogP contribution >= 0.6 is 0 Å². The van der Waals surface area contributed by atoms with Crippen LogP contribution in [-0.2, 0) is 6.54 Å². The molecule has 1 aromatic carbocycles. The minimum Gasteiger partial charge on any atom is -0.494 e. The fourth-order valence-electron chi connectivity index (χ4n) is 3.41. The maximum atomic E-state index is 14.2. The summed E-state index contributed by atoms with van der Waals surface area (Å²) in [5, 5.41) is 3.46. The summed E-state index contributed by atoms with van der Waals surface area (Å²) in [6.45, 7) is 3.91. The number of halogens is 1. The molecule has 2 aliphatic rings. The van der Waals surface area contributed by atoms with Crippen LogP contribution in [-0.4, -0.2) is 37.7 Å². The second-order valence-corrected chi connectivity index (χ2v) is 5.53. The number of hydrogen-bond acceptors (Lipinski definition) is 3. The first-order valence-electron chi connectivity index (χ1n) is 7.05. The van der Waals surface area contributed by atoms with E-state index in [1.807, 2.05) is 12.1 Å². The van der Waals surface area contributed by atoms with Crippen molar-refractivity contribution in [3.05, 3.63) is 29.6 Å². The van der Waals surface area contributed by atoms with Crippen molar-refractivity contribution in [2.24, 2.45) is 5.92 Å². The predicted molar refractivity (Wildman–Crippen MR) is 72.7 cm³/mol. The van der Waals surface area contributed by atoms with Crippen molar-refractivity contribution >= 4 is 0 Å². The molecule has 2 saturated heterocycles. The number of nitrogens with zero attached hydrogens (tertiary/aromatic N) is 1. The van der Waals surface area contributed by atoms with Crippen LogP contribution in [0, 0.1) is 11.7 Å². The topological polar surface area (TPSA) is 24.5 Å². The number of nitrogens with one attached hydrogen (secondary N) is 1. The lowest BCUT2D eigenvalue weighted by Gasteiger charge is -2.37. The Labute approximate surface area is 113 Å². The van der Waals surface area contributed by atoms with E-state index in [2.05, 4.69) is 10.2 Å². The summed E-state index contributed by atoms with van der Waals surface area (Å²) >= 11 is 0. The van der Waals surface area contributed by atoms with E-state index in [1.54, 1.807) is 6.07 Å². The van der Waals surface area contributed by atoms with Crippen molar-refractivity contribution in [1.29, 1.82) is 0 Å². The molecule has 104 valence electrons. The third-order valence-corrected chi connectivity index (χ3v) is 4.43. The lowest BCUT2D eigenvalue weighted by molar-refractivity contribution is 0.116. The van der Waals surface area contributed by atoms with Crippen LogP contribution in [0.5, 0.6) is 5.75 Å². The summed E-state index contributed by atoms with van der Waals surface area (Å²) < 4.78 is 19.3. The molecule has 0 bridgehead atoms. The highest BCUT2D eigenvalue weighted by Crippen LogP contribution is 2.29. The first kappa shape index (κ1) is 12.9. The lowest BCUT2D eigenvalue weighted by atomic mass is 9.91. The van der Waals surface area contributed by atoms with Gasteiger partial charge in [0.1, 0.15) is 0 Å². The molecule has 2 heterocycles. The van der Waals surface area contributed by atoms with Crippen LogP contribution in [0.2, 0.25) is 0 Å². The number of ether oxygens (including phenoxy) is 1. The van der Waals surface area contributed by atoms with E-state index in [-0.39, 0.29) is 5.82 Å². The van der Waals surface area contributed by atoms with E-state index < -0.39 is 0 Å². The molecule has 4 heteroatoms. The van der Waals surface area contributed by atoms with E-state index >= 15 is 0 Å². The smallest absolute Gasteiger partial charge is 0.169 e. The third kappa shape index (κ3) is 2.47. The molecule has 0 aliphatic carbocycles. The van der Waals surface area contributed by atoms with Gasteiger partial charge in [0.15, 0.2) is 11.6 Å².